The molecule has 0 aliphatic rings. The number of nitrogens with one attached hydrogen (secondary N) is 3. The van der Waals surface area contributed by atoms with Crippen LogP contribution < -0.4 is 16.0 Å². The summed E-state index contributed by atoms with van der Waals surface area (Å²) in [5, 5.41) is 7.76. The molecule has 0 unspecified atom stereocenters. The maximum absolute atomic E-state index is 12.7. The van der Waals surface area contributed by atoms with Crippen molar-refractivity contribution in [2.24, 2.45) is 0 Å². The highest BCUT2D eigenvalue weighted by Gasteiger charge is 2.05. The second-order valence-electron chi connectivity index (χ2n) is 4.71. The normalized spacial score (nSPS) is 10.2. The highest BCUT2D eigenvalue weighted by molar-refractivity contribution is 5.83. The van der Waals surface area contributed by atoms with E-state index in [-0.39, 0.29) is 30.3 Å². The lowest BCUT2D eigenvalue weighted by molar-refractivity contribution is -0.120. The van der Waals surface area contributed by atoms with Gasteiger partial charge in [0.25, 0.3) is 0 Å². The summed E-state index contributed by atoms with van der Waals surface area (Å²) in [4.78, 5) is 22.7. The Morgan fingerprint density at radius 3 is 2.40 bits per heavy atom. The Bertz CT molecular complexity index is 446. The largest absolute Gasteiger partial charge is 0.354 e. The van der Waals surface area contributed by atoms with E-state index in [1.807, 2.05) is 13.8 Å². The highest BCUT2D eigenvalue weighted by Crippen LogP contribution is 2.02. The minimum absolute atomic E-state index is 0.0246. The molecule has 0 saturated carbocycles. The number of urea groups is 1. The third-order valence-electron chi connectivity index (χ3n) is 2.48. The maximum Gasteiger partial charge on any atom is 0.315 e. The molecule has 0 bridgehead atoms. The average Bonchev–Trinajstić information content (AvgIpc) is 2.38. The number of halogens is 1. The smallest absolute Gasteiger partial charge is 0.315 e. The van der Waals surface area contributed by atoms with Gasteiger partial charge in [0.05, 0.1) is 6.54 Å². The number of carbonyl (C=O) groups excluding carboxylic acids is 2. The third-order valence-corrected chi connectivity index (χ3v) is 2.48. The molecule has 0 radical (unpaired) electrons. The van der Waals surface area contributed by atoms with E-state index in [0.29, 0.717) is 13.0 Å². The van der Waals surface area contributed by atoms with Gasteiger partial charge in [-0.3, -0.25) is 4.79 Å². The third kappa shape index (κ3) is 6.72. The fourth-order valence-corrected chi connectivity index (χ4v) is 1.53. The molecule has 0 aromatic heterocycles. The Hall–Kier alpha value is -2.11. The van der Waals surface area contributed by atoms with Gasteiger partial charge < -0.3 is 16.0 Å². The molecule has 1 rings (SSSR count). The van der Waals surface area contributed by atoms with E-state index in [0.717, 1.165) is 5.56 Å². The van der Waals surface area contributed by atoms with Crippen molar-refractivity contribution in [3.8, 4) is 0 Å². The molecule has 0 aliphatic carbocycles. The van der Waals surface area contributed by atoms with Crippen molar-refractivity contribution in [2.45, 2.75) is 26.3 Å². The highest BCUT2D eigenvalue weighted by atomic mass is 19.1. The molecule has 20 heavy (non-hydrogen) atoms. The first-order valence-corrected chi connectivity index (χ1v) is 6.53. The second-order valence-corrected chi connectivity index (χ2v) is 4.71. The summed E-state index contributed by atoms with van der Waals surface area (Å²) in [5.74, 6) is -0.538. The molecule has 0 aliphatic heterocycles. The number of hydrogen-bond donors (Lipinski definition) is 3. The first kappa shape index (κ1) is 15.9. The lowest BCUT2D eigenvalue weighted by atomic mass is 10.1. The predicted molar refractivity (Wildman–Crippen MR) is 74.8 cm³/mol. The lowest BCUT2D eigenvalue weighted by Crippen LogP contribution is -2.44. The van der Waals surface area contributed by atoms with Gasteiger partial charge in [0.15, 0.2) is 0 Å². The summed E-state index contributed by atoms with van der Waals surface area (Å²) in [5.41, 5.74) is 0.942. The van der Waals surface area contributed by atoms with Gasteiger partial charge >= 0.3 is 6.03 Å². The molecule has 6 heteroatoms. The maximum atomic E-state index is 12.7. The summed E-state index contributed by atoms with van der Waals surface area (Å²) < 4.78 is 12.7. The first-order chi connectivity index (χ1) is 9.47. The molecule has 5 nitrogen and oxygen atoms in total. The number of hydrogen-bond acceptors (Lipinski definition) is 2. The Morgan fingerprint density at radius 2 is 1.80 bits per heavy atom. The molecule has 0 spiro atoms. The van der Waals surface area contributed by atoms with Gasteiger partial charge in [0.1, 0.15) is 5.82 Å². The van der Waals surface area contributed by atoms with Crippen LogP contribution in [0.15, 0.2) is 24.3 Å². The Morgan fingerprint density at radius 1 is 1.15 bits per heavy atom. The van der Waals surface area contributed by atoms with Crippen LogP contribution in [0.3, 0.4) is 0 Å². The average molecular weight is 281 g/mol. The van der Waals surface area contributed by atoms with Gasteiger partial charge in [-0.05, 0) is 38.0 Å². The summed E-state index contributed by atoms with van der Waals surface area (Å²) >= 11 is 0. The van der Waals surface area contributed by atoms with Gasteiger partial charge in [0.2, 0.25) is 5.91 Å². The van der Waals surface area contributed by atoms with Crippen LogP contribution >= 0.6 is 0 Å². The van der Waals surface area contributed by atoms with E-state index in [4.69, 9.17) is 0 Å². The van der Waals surface area contributed by atoms with Crippen LogP contribution in [0.4, 0.5) is 9.18 Å². The SMILES string of the molecule is CC(C)NC(=O)NCC(=O)NCCc1ccc(F)cc1. The van der Waals surface area contributed by atoms with Crippen molar-refractivity contribution in [3.05, 3.63) is 35.6 Å². The molecule has 1 aromatic rings. The monoisotopic (exact) mass is 281 g/mol. The summed E-state index contributed by atoms with van der Waals surface area (Å²) in [7, 11) is 0. The van der Waals surface area contributed by atoms with Gasteiger partial charge in [-0.25, -0.2) is 9.18 Å². The molecule has 3 amide bonds. The van der Waals surface area contributed by atoms with Crippen LogP contribution in [-0.2, 0) is 11.2 Å². The van der Waals surface area contributed by atoms with Crippen molar-refractivity contribution in [1.29, 1.82) is 0 Å². The van der Waals surface area contributed by atoms with E-state index in [1.54, 1.807) is 12.1 Å². The quantitative estimate of drug-likeness (QED) is 0.733. The zero-order valence-corrected chi connectivity index (χ0v) is 11.7. The van der Waals surface area contributed by atoms with E-state index in [9.17, 15) is 14.0 Å². The molecular weight excluding hydrogens is 261 g/mol. The van der Waals surface area contributed by atoms with Crippen LogP contribution in [0.2, 0.25) is 0 Å². The lowest BCUT2D eigenvalue weighted by Gasteiger charge is -2.10. The fraction of sp³-hybridized carbons (Fsp3) is 0.429. The van der Waals surface area contributed by atoms with E-state index in [1.165, 1.54) is 12.1 Å². The zero-order valence-electron chi connectivity index (χ0n) is 11.7. The van der Waals surface area contributed by atoms with Gasteiger partial charge in [-0.1, -0.05) is 12.1 Å². The van der Waals surface area contributed by atoms with Crippen LogP contribution in [0.5, 0.6) is 0 Å². The van der Waals surface area contributed by atoms with Crippen molar-refractivity contribution < 1.29 is 14.0 Å². The standard InChI is InChI=1S/C14H20FN3O2/c1-10(2)18-14(20)17-9-13(19)16-8-7-11-3-5-12(15)6-4-11/h3-6,10H,7-9H2,1-2H3,(H,16,19)(H2,17,18,20). The fourth-order valence-electron chi connectivity index (χ4n) is 1.53. The molecular formula is C14H20FN3O2. The number of carbonyl (C=O) groups is 2. The van der Waals surface area contributed by atoms with Crippen LogP contribution in [-0.4, -0.2) is 31.1 Å². The topological polar surface area (TPSA) is 70.2 Å². The number of benzene rings is 1. The van der Waals surface area contributed by atoms with Gasteiger partial charge in [-0.2, -0.15) is 0 Å². The molecule has 0 atom stereocenters. The molecule has 0 fully saturated rings. The van der Waals surface area contributed by atoms with Crippen molar-refractivity contribution in [3.63, 3.8) is 0 Å². The zero-order chi connectivity index (χ0) is 15.0. The molecule has 0 heterocycles. The van der Waals surface area contributed by atoms with E-state index >= 15 is 0 Å². The van der Waals surface area contributed by atoms with E-state index < -0.39 is 0 Å². The van der Waals surface area contributed by atoms with Crippen molar-refractivity contribution in [2.75, 3.05) is 13.1 Å². The molecule has 0 saturated heterocycles. The summed E-state index contributed by atoms with van der Waals surface area (Å²) in [6, 6.07) is 5.78. The second kappa shape index (κ2) is 8.14. The molecule has 110 valence electrons. The number of rotatable bonds is 6. The minimum Gasteiger partial charge on any atom is -0.354 e. The van der Waals surface area contributed by atoms with Crippen LogP contribution in [0.1, 0.15) is 19.4 Å². The van der Waals surface area contributed by atoms with Gasteiger partial charge in [0, 0.05) is 12.6 Å². The van der Waals surface area contributed by atoms with Crippen molar-refractivity contribution in [1.82, 2.24) is 16.0 Å². The first-order valence-electron chi connectivity index (χ1n) is 6.53. The van der Waals surface area contributed by atoms with Crippen LogP contribution in [0.25, 0.3) is 0 Å². The van der Waals surface area contributed by atoms with Gasteiger partial charge in [-0.15, -0.1) is 0 Å². The number of amides is 3. The molecule has 1 aromatic carbocycles. The Labute approximate surface area is 117 Å². The minimum atomic E-state index is -0.367. The summed E-state index contributed by atoms with van der Waals surface area (Å²) in [6.45, 7) is 4.05. The van der Waals surface area contributed by atoms with Crippen molar-refractivity contribution >= 4 is 11.9 Å². The van der Waals surface area contributed by atoms with Crippen LogP contribution in [0, 0.1) is 5.82 Å². The predicted octanol–water partition coefficient (Wildman–Crippen LogP) is 1.19. The Balaban J connectivity index is 2.17. The van der Waals surface area contributed by atoms with E-state index in [2.05, 4.69) is 16.0 Å². The summed E-state index contributed by atoms with van der Waals surface area (Å²) in [6.07, 6.45) is 0.615. The molecule has 3 N–H and O–H groups in total. The Kier molecular flexibility index (Phi) is 6.49.